The van der Waals surface area contributed by atoms with E-state index in [-0.39, 0.29) is 128 Å². The molecule has 650 valence electrons. The lowest BCUT2D eigenvalue weighted by molar-refractivity contribution is -0.386. The van der Waals surface area contributed by atoms with Crippen molar-refractivity contribution in [3.8, 4) is 17.6 Å². The van der Waals surface area contributed by atoms with E-state index in [0.29, 0.717) is 76.3 Å². The smallest absolute Gasteiger partial charge is 0.341 e. The Morgan fingerprint density at radius 3 is 1.17 bits per heavy atom. The van der Waals surface area contributed by atoms with Crippen molar-refractivity contribution in [1.29, 1.82) is 0 Å². The van der Waals surface area contributed by atoms with E-state index in [1.54, 1.807) is 85.9 Å². The second kappa shape index (κ2) is 35.1. The number of rotatable bonds is 25. The highest BCUT2D eigenvalue weighted by Crippen LogP contribution is 2.47. The highest BCUT2D eigenvalue weighted by molar-refractivity contribution is 7.87. The molecule has 3 aliphatic heterocycles. The van der Waals surface area contributed by atoms with Crippen molar-refractivity contribution in [2.45, 2.75) is 283 Å². The molecule has 35 nitrogen and oxygen atoms in total. The molecule has 3 saturated heterocycles. The van der Waals surface area contributed by atoms with Crippen LogP contribution in [0.2, 0.25) is 72.5 Å². The summed E-state index contributed by atoms with van der Waals surface area (Å²) in [5.74, 6) is -0.237. The average molecular weight is 1740 g/mol. The van der Waals surface area contributed by atoms with Crippen LogP contribution in [0.25, 0.3) is 33.5 Å². The molecule has 119 heavy (non-hydrogen) atoms. The van der Waals surface area contributed by atoms with Gasteiger partial charge in [-0.2, -0.15) is 38.3 Å². The molecule has 3 fully saturated rings. The monoisotopic (exact) mass is 1740 g/mol. The lowest BCUT2D eigenvalue weighted by Gasteiger charge is -2.40. The van der Waals surface area contributed by atoms with Crippen molar-refractivity contribution < 1.29 is 74.0 Å². The summed E-state index contributed by atoms with van der Waals surface area (Å²) in [6, 6.07) is 13.4. The van der Waals surface area contributed by atoms with E-state index in [9.17, 15) is 38.9 Å². The minimum atomic E-state index is -4.25. The number of nitrogens with two attached hydrogens (primary N) is 3. The summed E-state index contributed by atoms with van der Waals surface area (Å²) < 4.78 is 95.4. The summed E-state index contributed by atoms with van der Waals surface area (Å²) in [5.41, 5.74) is 24.3. The number of aryl methyl sites for hydroxylation is 5. The van der Waals surface area contributed by atoms with Crippen molar-refractivity contribution in [2.24, 2.45) is 0 Å². The van der Waals surface area contributed by atoms with Crippen LogP contribution in [0.1, 0.15) is 160 Å². The first-order valence-corrected chi connectivity index (χ1v) is 52.7. The van der Waals surface area contributed by atoms with Crippen molar-refractivity contribution in [1.82, 2.24) is 58.6 Å². The molecule has 9 atom stereocenters. The van der Waals surface area contributed by atoms with Gasteiger partial charge in [0.15, 0.2) is 66.8 Å². The Hall–Kier alpha value is -8.63. The third kappa shape index (κ3) is 20.9. The summed E-state index contributed by atoms with van der Waals surface area (Å²) in [7, 11) is -12.6. The van der Waals surface area contributed by atoms with Gasteiger partial charge in [-0.05, 0) is 142 Å². The Morgan fingerprint density at radius 1 is 0.496 bits per heavy atom. The van der Waals surface area contributed by atoms with Crippen LogP contribution in [0.15, 0.2) is 72.4 Å². The number of nitrogen functional groups attached to an aromatic ring is 3. The number of hydrogen-bond acceptors (Lipinski definition) is 30. The van der Waals surface area contributed by atoms with E-state index in [2.05, 4.69) is 180 Å². The van der Waals surface area contributed by atoms with E-state index in [1.165, 1.54) is 18.5 Å². The Morgan fingerprint density at radius 2 is 0.832 bits per heavy atom. The van der Waals surface area contributed by atoms with Gasteiger partial charge in [0, 0.05) is 31.4 Å². The quantitative estimate of drug-likeness (QED) is 0.0153. The summed E-state index contributed by atoms with van der Waals surface area (Å²) >= 11 is 0. The zero-order valence-corrected chi connectivity index (χ0v) is 77.8. The molecule has 0 bridgehead atoms. The second-order valence-corrected chi connectivity index (χ2v) is 57.7. The predicted octanol–water partition coefficient (Wildman–Crippen LogP) is 14.5. The highest BCUT2D eigenvalue weighted by Gasteiger charge is 2.50. The van der Waals surface area contributed by atoms with E-state index in [1.807, 2.05) is 11.5 Å². The van der Waals surface area contributed by atoms with E-state index in [0.717, 1.165) is 16.7 Å². The number of aliphatic hydroxyl groups is 2. The Bertz CT molecular complexity index is 5290. The molecule has 3 unspecified atom stereocenters. The van der Waals surface area contributed by atoms with E-state index < -0.39 is 84.1 Å². The van der Waals surface area contributed by atoms with Crippen molar-refractivity contribution >= 4 is 106 Å². The maximum atomic E-state index is 13.5. The van der Waals surface area contributed by atoms with Crippen LogP contribution in [-0.2, 0) is 55.2 Å². The Kier molecular flexibility index (Phi) is 27.3. The fourth-order valence-corrected chi connectivity index (χ4v) is 19.1. The molecule has 3 aliphatic rings. The SMILES string of the molecule is Cc1cc(C)c(S(=O)(=O)Oc2nc(N)nc3c2ncn3[C@H]2CC(O[Si](C)(C)C(C)(C)C)[C@@H](CO[Si](C)(C)C(C)(C)C)O2)c(C)c1.Cc1ccc(COc2nc(N)nc3c2ncn3[C@H]2CC(O)[C@@H](CO)O2)c([N+](=O)[O-])c1.Cc1ccc(COc2nc(N)nc3c2ncn3[C@H]2CC(O[Si](C)(C)C(C)(C)C)[C@@H](CO[Si](C)(C)C(C)(C)C)O2)c([N+](=O)[O-])c1. The molecule has 6 aromatic heterocycles. The summed E-state index contributed by atoms with van der Waals surface area (Å²) in [4.78, 5) is 61.0. The largest absolute Gasteiger partial charge is 0.471 e. The van der Waals surface area contributed by atoms with Gasteiger partial charge in [0.1, 0.15) is 55.1 Å². The molecule has 12 rings (SSSR count). The molecule has 3 aromatic carbocycles. The van der Waals surface area contributed by atoms with Gasteiger partial charge >= 0.3 is 10.1 Å². The van der Waals surface area contributed by atoms with Crippen LogP contribution in [0.5, 0.6) is 17.6 Å². The van der Waals surface area contributed by atoms with Gasteiger partial charge in [0.05, 0.1) is 78.1 Å². The zero-order chi connectivity index (χ0) is 88.2. The van der Waals surface area contributed by atoms with Gasteiger partial charge < -0.3 is 73.0 Å². The van der Waals surface area contributed by atoms with Crippen LogP contribution in [0.3, 0.4) is 0 Å². The van der Waals surface area contributed by atoms with Crippen molar-refractivity contribution in [3.63, 3.8) is 0 Å². The summed E-state index contributed by atoms with van der Waals surface area (Å²) in [6.45, 7) is 53.8. The number of hydrogen-bond donors (Lipinski definition) is 5. The number of benzene rings is 3. The first kappa shape index (κ1) is 92.7. The molecule has 9 heterocycles. The van der Waals surface area contributed by atoms with Crippen LogP contribution in [0, 0.1) is 54.8 Å². The fraction of sp³-hybridized carbons (Fsp3) is 0.582. The van der Waals surface area contributed by atoms with E-state index >= 15 is 0 Å². The van der Waals surface area contributed by atoms with Gasteiger partial charge in [-0.25, -0.2) is 15.0 Å². The number of aromatic nitrogens is 12. The number of anilines is 3. The lowest BCUT2D eigenvalue weighted by atomic mass is 10.1. The molecule has 0 spiro atoms. The second-order valence-electron chi connectivity index (χ2n) is 37.1. The highest BCUT2D eigenvalue weighted by atomic mass is 32.2. The third-order valence-electron chi connectivity index (χ3n) is 23.9. The standard InChI is InChI=1S/C31H51N5O6SSi2.C30H48N6O6Si2.C18H20N6O6/c1-19-14-20(2)26(21(3)15-19)43(37,38)41-28-25-27(34-29(32)35-28)36(18-33-25)24-16-22(42-45(12,13)31(7,8)9)23(40-24)17-39-44(10,11)30(4,5)6;1-19-12-13-20(21(14-19)36(37)38)16-39-27-25-26(33-28(31)34-27)35(18-32-25)24-15-22(42-44(10,11)30(5,6)7)23(41-24)17-40-43(8,9)29(2,3)4;1-9-2-3-10(11(4-9)24(27)28)7-29-17-15-16(21-18(19)22-17)23(8-20-15)14-5-12(26)13(6-25)30-14/h14-15,18,22-24H,16-17H2,1-13H3,(H2,32,34,35);12-14,18,22-24H,15-17H2,1-11H3,(H2,31,33,34);2-4,8,12-14,25-26H,5-7H2,1H3,(H2,19,21,22)/t2*22?,23-,24-;12?,13-,14-/m111/s1. The van der Waals surface area contributed by atoms with Gasteiger partial charge in [0.2, 0.25) is 29.6 Å². The normalized spacial score (nSPS) is 20.4. The zero-order valence-electron chi connectivity index (χ0n) is 73.0. The van der Waals surface area contributed by atoms with E-state index in [4.69, 9.17) is 62.8 Å². The minimum Gasteiger partial charge on any atom is -0.471 e. The topological polar surface area (TPSA) is 462 Å². The first-order chi connectivity index (χ1) is 55.0. The Labute approximate surface area is 699 Å². The number of nitro groups is 2. The van der Waals surface area contributed by atoms with Gasteiger partial charge in [0.25, 0.3) is 17.3 Å². The average Bonchev–Trinajstić information content (AvgIpc) is 1.65. The fourth-order valence-electron chi connectivity index (χ4n) is 13.0. The molecule has 40 heteroatoms. The van der Waals surface area contributed by atoms with Gasteiger partial charge in [-0.15, -0.1) is 0 Å². The molecular formula is C79H119N17O18SSi4. The number of imidazole rings is 3. The molecule has 9 aromatic rings. The lowest BCUT2D eigenvalue weighted by Crippen LogP contribution is -2.48. The van der Waals surface area contributed by atoms with Crippen LogP contribution >= 0.6 is 0 Å². The van der Waals surface area contributed by atoms with Crippen molar-refractivity contribution in [2.75, 3.05) is 37.0 Å². The van der Waals surface area contributed by atoms with Crippen LogP contribution < -0.4 is 30.9 Å². The molecule has 0 radical (unpaired) electrons. The predicted molar refractivity (Wildman–Crippen MR) is 461 cm³/mol. The first-order valence-electron chi connectivity index (χ1n) is 39.7. The van der Waals surface area contributed by atoms with Crippen LogP contribution in [-0.4, -0.2) is 177 Å². The number of nitrogens with zero attached hydrogens (tertiary/aromatic N) is 14. The summed E-state index contributed by atoms with van der Waals surface area (Å²) in [6.07, 6.45) is 1.96. The molecule has 8 N–H and O–H groups in total. The Balaban J connectivity index is 0.000000192. The molecule has 0 saturated carbocycles. The van der Waals surface area contributed by atoms with Gasteiger partial charge in [-0.3, -0.25) is 33.9 Å². The maximum Gasteiger partial charge on any atom is 0.341 e. The summed E-state index contributed by atoms with van der Waals surface area (Å²) in [5, 5.41) is 42.3. The van der Waals surface area contributed by atoms with Gasteiger partial charge in [-0.1, -0.05) is 113 Å². The maximum absolute atomic E-state index is 13.5. The molecule has 0 amide bonds. The van der Waals surface area contributed by atoms with Crippen LogP contribution in [0.4, 0.5) is 29.2 Å². The number of aliphatic hydroxyl groups excluding tert-OH is 2. The third-order valence-corrected chi connectivity index (χ3v) is 43.4. The van der Waals surface area contributed by atoms with Crippen molar-refractivity contribution in [3.05, 3.63) is 127 Å². The number of ether oxygens (including phenoxy) is 5. The molecular weight excluding hydrogens is 1620 g/mol. The number of fused-ring (bicyclic) bond motifs is 3. The minimum absolute atomic E-state index is 0.00228. The molecule has 0 aliphatic carbocycles. The number of nitro benzene ring substituents is 2.